The molecule has 78 valence electrons. The van der Waals surface area contributed by atoms with Crippen molar-refractivity contribution < 1.29 is 0 Å². The van der Waals surface area contributed by atoms with Gasteiger partial charge in [0.15, 0.2) is 0 Å². The number of rotatable bonds is 2. The first kappa shape index (κ1) is 9.17. The van der Waals surface area contributed by atoms with Crippen molar-refractivity contribution in [2.24, 2.45) is 0 Å². The predicted octanol–water partition coefficient (Wildman–Crippen LogP) is 2.70. The normalized spacial score (nSPS) is 16.7. The molecular weight excluding hydrogens is 198 g/mol. The number of para-hydroxylation sites is 1. The zero-order valence-electron chi connectivity index (χ0n) is 8.77. The van der Waals surface area contributed by atoms with Gasteiger partial charge in [0.25, 0.3) is 0 Å². The predicted molar refractivity (Wildman–Crippen MR) is 62.9 cm³/mol. The molecule has 0 saturated heterocycles. The lowest BCUT2D eigenvalue weighted by atomic mass is 10.2. The van der Waals surface area contributed by atoms with Crippen molar-refractivity contribution in [3.05, 3.63) is 36.4 Å². The molecule has 0 unspecified atom stereocenters. The van der Waals surface area contributed by atoms with E-state index in [-0.39, 0.29) is 5.54 Å². The quantitative estimate of drug-likeness (QED) is 0.827. The number of fused-ring (bicyclic) bond motifs is 1. The topological polar surface area (TPSA) is 48.7 Å². The van der Waals surface area contributed by atoms with Gasteiger partial charge in [0.05, 0.1) is 11.6 Å². The van der Waals surface area contributed by atoms with Crippen LogP contribution in [0.5, 0.6) is 0 Å². The summed E-state index contributed by atoms with van der Waals surface area (Å²) in [6.45, 7) is 0. The minimum atomic E-state index is -0.352. The average Bonchev–Trinajstić information content (AvgIpc) is 3.09. The highest BCUT2D eigenvalue weighted by Crippen LogP contribution is 2.37. The molecule has 0 aliphatic heterocycles. The molecule has 0 atom stereocenters. The summed E-state index contributed by atoms with van der Waals surface area (Å²) in [6.07, 6.45) is 1.83. The van der Waals surface area contributed by atoms with Crippen molar-refractivity contribution in [2.75, 3.05) is 5.32 Å². The number of nitrogens with zero attached hydrogens (tertiary/aromatic N) is 2. The van der Waals surface area contributed by atoms with Crippen LogP contribution in [0.4, 0.5) is 5.82 Å². The third-order valence-electron chi connectivity index (χ3n) is 2.93. The standard InChI is InChI=1S/C13H11N3/c14-9-13(7-8-13)16-12-6-5-10-3-1-2-4-11(10)15-12/h1-6H,7-8H2,(H,15,16). The van der Waals surface area contributed by atoms with Crippen molar-refractivity contribution in [2.45, 2.75) is 18.4 Å². The number of nitriles is 1. The van der Waals surface area contributed by atoms with Crippen LogP contribution in [0, 0.1) is 11.3 Å². The van der Waals surface area contributed by atoms with Gasteiger partial charge < -0.3 is 5.32 Å². The van der Waals surface area contributed by atoms with Crippen LogP contribution in [0.25, 0.3) is 10.9 Å². The zero-order valence-corrected chi connectivity index (χ0v) is 8.77. The summed E-state index contributed by atoms with van der Waals surface area (Å²) in [4.78, 5) is 4.49. The van der Waals surface area contributed by atoms with Crippen molar-refractivity contribution in [1.29, 1.82) is 5.26 Å². The number of nitrogens with one attached hydrogen (secondary N) is 1. The first-order valence-corrected chi connectivity index (χ1v) is 5.37. The Morgan fingerprint density at radius 1 is 1.19 bits per heavy atom. The number of hydrogen-bond acceptors (Lipinski definition) is 3. The van der Waals surface area contributed by atoms with Gasteiger partial charge in [-0.2, -0.15) is 5.26 Å². The van der Waals surface area contributed by atoms with Crippen LogP contribution in [0.15, 0.2) is 36.4 Å². The summed E-state index contributed by atoms with van der Waals surface area (Å²) < 4.78 is 0. The van der Waals surface area contributed by atoms with E-state index in [0.29, 0.717) is 0 Å². The molecular formula is C13H11N3. The van der Waals surface area contributed by atoms with Crippen LogP contribution in [-0.4, -0.2) is 10.5 Å². The fraction of sp³-hybridized carbons (Fsp3) is 0.231. The molecule has 1 saturated carbocycles. The molecule has 16 heavy (non-hydrogen) atoms. The maximum Gasteiger partial charge on any atom is 0.127 e. The molecule has 3 rings (SSSR count). The largest absolute Gasteiger partial charge is 0.352 e. The third kappa shape index (κ3) is 1.49. The highest BCUT2D eigenvalue weighted by molar-refractivity contribution is 5.80. The molecule has 1 aliphatic carbocycles. The highest BCUT2D eigenvalue weighted by Gasteiger charge is 2.43. The van der Waals surface area contributed by atoms with Crippen LogP contribution < -0.4 is 5.32 Å². The Bertz CT molecular complexity index is 579. The van der Waals surface area contributed by atoms with E-state index in [0.717, 1.165) is 29.6 Å². The zero-order chi connectivity index (χ0) is 11.0. The Balaban J connectivity index is 1.97. The molecule has 3 nitrogen and oxygen atoms in total. The Kier molecular flexibility index (Phi) is 1.84. The van der Waals surface area contributed by atoms with Gasteiger partial charge in [0.1, 0.15) is 11.4 Å². The summed E-state index contributed by atoms with van der Waals surface area (Å²) in [7, 11) is 0. The molecule has 0 radical (unpaired) electrons. The molecule has 2 aromatic rings. The molecule has 1 heterocycles. The fourth-order valence-electron chi connectivity index (χ4n) is 1.77. The molecule has 1 fully saturated rings. The van der Waals surface area contributed by atoms with Gasteiger partial charge in [-0.1, -0.05) is 18.2 Å². The highest BCUT2D eigenvalue weighted by atomic mass is 15.1. The second kappa shape index (κ2) is 3.21. The lowest BCUT2D eigenvalue weighted by Crippen LogP contribution is -2.18. The van der Waals surface area contributed by atoms with Crippen LogP contribution in [0.2, 0.25) is 0 Å². The van der Waals surface area contributed by atoms with Gasteiger partial charge in [-0.3, -0.25) is 0 Å². The fourth-order valence-corrected chi connectivity index (χ4v) is 1.77. The summed E-state index contributed by atoms with van der Waals surface area (Å²) in [5.41, 5.74) is 0.608. The molecule has 0 amide bonds. The van der Waals surface area contributed by atoms with Gasteiger partial charge >= 0.3 is 0 Å². The number of anilines is 1. The molecule has 1 aromatic heterocycles. The van der Waals surface area contributed by atoms with E-state index < -0.39 is 0 Å². The van der Waals surface area contributed by atoms with Crippen LogP contribution in [0.1, 0.15) is 12.8 Å². The second-order valence-corrected chi connectivity index (χ2v) is 4.21. The first-order chi connectivity index (χ1) is 7.81. The molecule has 1 aromatic carbocycles. The van der Waals surface area contributed by atoms with Crippen LogP contribution in [0.3, 0.4) is 0 Å². The average molecular weight is 209 g/mol. The number of pyridine rings is 1. The lowest BCUT2D eigenvalue weighted by Gasteiger charge is -2.10. The third-order valence-corrected chi connectivity index (χ3v) is 2.93. The van der Waals surface area contributed by atoms with Gasteiger partial charge in [-0.15, -0.1) is 0 Å². The van der Waals surface area contributed by atoms with Crippen molar-refractivity contribution in [3.8, 4) is 6.07 Å². The van der Waals surface area contributed by atoms with Crippen molar-refractivity contribution >= 4 is 16.7 Å². The maximum atomic E-state index is 8.99. The minimum Gasteiger partial charge on any atom is -0.352 e. The Labute approximate surface area is 93.7 Å². The Morgan fingerprint density at radius 2 is 2.00 bits per heavy atom. The van der Waals surface area contributed by atoms with E-state index in [2.05, 4.69) is 16.4 Å². The van der Waals surface area contributed by atoms with Gasteiger partial charge in [-0.05, 0) is 31.0 Å². The van der Waals surface area contributed by atoms with E-state index in [1.807, 2.05) is 36.4 Å². The first-order valence-electron chi connectivity index (χ1n) is 5.37. The monoisotopic (exact) mass is 209 g/mol. The smallest absolute Gasteiger partial charge is 0.127 e. The number of hydrogen-bond donors (Lipinski definition) is 1. The molecule has 0 spiro atoms. The summed E-state index contributed by atoms with van der Waals surface area (Å²) in [5, 5.41) is 13.3. The van der Waals surface area contributed by atoms with Crippen molar-refractivity contribution in [3.63, 3.8) is 0 Å². The van der Waals surface area contributed by atoms with Gasteiger partial charge in [0, 0.05) is 5.39 Å². The second-order valence-electron chi connectivity index (χ2n) is 4.21. The lowest BCUT2D eigenvalue weighted by molar-refractivity contribution is 0.935. The maximum absolute atomic E-state index is 8.99. The summed E-state index contributed by atoms with van der Waals surface area (Å²) in [6, 6.07) is 14.2. The molecule has 0 bridgehead atoms. The van der Waals surface area contributed by atoms with E-state index in [1.165, 1.54) is 0 Å². The van der Waals surface area contributed by atoms with Crippen LogP contribution in [-0.2, 0) is 0 Å². The van der Waals surface area contributed by atoms with Crippen LogP contribution >= 0.6 is 0 Å². The van der Waals surface area contributed by atoms with E-state index >= 15 is 0 Å². The molecule has 1 aliphatic rings. The minimum absolute atomic E-state index is 0.352. The van der Waals surface area contributed by atoms with Gasteiger partial charge in [-0.25, -0.2) is 4.98 Å². The number of aromatic nitrogens is 1. The summed E-state index contributed by atoms with van der Waals surface area (Å²) >= 11 is 0. The Morgan fingerprint density at radius 3 is 2.75 bits per heavy atom. The molecule has 3 heteroatoms. The van der Waals surface area contributed by atoms with Crippen molar-refractivity contribution in [1.82, 2.24) is 4.98 Å². The SMILES string of the molecule is N#CC1(Nc2ccc3ccccc3n2)CC1. The van der Waals surface area contributed by atoms with E-state index in [1.54, 1.807) is 0 Å². The summed E-state index contributed by atoms with van der Waals surface area (Å²) in [5.74, 6) is 0.790. The van der Waals surface area contributed by atoms with E-state index in [9.17, 15) is 0 Å². The van der Waals surface area contributed by atoms with E-state index in [4.69, 9.17) is 5.26 Å². The number of benzene rings is 1. The Hall–Kier alpha value is -2.08. The van der Waals surface area contributed by atoms with Gasteiger partial charge in [0.2, 0.25) is 0 Å². The molecule has 1 N–H and O–H groups in total.